The lowest BCUT2D eigenvalue weighted by Crippen LogP contribution is -2.33. The summed E-state index contributed by atoms with van der Waals surface area (Å²) in [7, 11) is 0. The average Bonchev–Trinajstić information content (AvgIpc) is 2.91. The van der Waals surface area contributed by atoms with E-state index in [0.29, 0.717) is 5.92 Å². The molecule has 3 nitrogen and oxygen atoms in total. The maximum absolute atomic E-state index is 4.79. The molecule has 0 bridgehead atoms. The molecule has 0 saturated carbocycles. The minimum atomic E-state index is 0.583. The smallest absolute Gasteiger partial charge is 0.0977 e. The van der Waals surface area contributed by atoms with E-state index in [1.54, 1.807) is 0 Å². The van der Waals surface area contributed by atoms with Gasteiger partial charge in [0.1, 0.15) is 0 Å². The molecule has 1 fully saturated rings. The molecule has 3 heteroatoms. The summed E-state index contributed by atoms with van der Waals surface area (Å²) < 4.78 is 0. The number of anilines is 1. The van der Waals surface area contributed by atoms with E-state index < -0.39 is 0 Å². The first-order valence-electron chi connectivity index (χ1n) is 12.2. The van der Waals surface area contributed by atoms with Gasteiger partial charge in [0.15, 0.2) is 0 Å². The summed E-state index contributed by atoms with van der Waals surface area (Å²) >= 11 is 0. The van der Waals surface area contributed by atoms with Crippen LogP contribution in [-0.4, -0.2) is 23.7 Å². The van der Waals surface area contributed by atoms with Gasteiger partial charge in [-0.15, -0.1) is 0 Å². The van der Waals surface area contributed by atoms with Gasteiger partial charge in [-0.05, 0) is 48.6 Å². The predicted molar refractivity (Wildman–Crippen MR) is 142 cm³/mol. The molecule has 5 rings (SSSR count). The van der Waals surface area contributed by atoms with Crippen molar-refractivity contribution in [3.05, 3.63) is 138 Å². The molecular formula is C31H31N3. The normalized spacial score (nSPS) is 16.1. The van der Waals surface area contributed by atoms with Crippen LogP contribution >= 0.6 is 0 Å². The highest BCUT2D eigenvalue weighted by atomic mass is 15.3. The molecular weight excluding hydrogens is 414 g/mol. The second-order valence-corrected chi connectivity index (χ2v) is 8.99. The van der Waals surface area contributed by atoms with Crippen molar-refractivity contribution in [3.8, 4) is 0 Å². The quantitative estimate of drug-likeness (QED) is 0.247. The Morgan fingerprint density at radius 2 is 1.32 bits per heavy atom. The highest BCUT2D eigenvalue weighted by Crippen LogP contribution is 2.28. The second kappa shape index (κ2) is 11.0. The number of hydrogen-bond acceptors (Lipinski definition) is 3. The Balaban J connectivity index is 1.27. The summed E-state index contributed by atoms with van der Waals surface area (Å²) in [5.41, 5.74) is 10.2. The van der Waals surface area contributed by atoms with Crippen molar-refractivity contribution in [2.75, 3.05) is 18.5 Å². The number of hydrogen-bond donors (Lipinski definition) is 1. The van der Waals surface area contributed by atoms with Gasteiger partial charge in [0.25, 0.3) is 0 Å². The molecule has 0 radical (unpaired) electrons. The number of rotatable bonds is 7. The predicted octanol–water partition coefficient (Wildman–Crippen LogP) is 6.93. The van der Waals surface area contributed by atoms with Crippen molar-refractivity contribution in [3.63, 3.8) is 0 Å². The van der Waals surface area contributed by atoms with Gasteiger partial charge >= 0.3 is 0 Å². The van der Waals surface area contributed by atoms with Gasteiger partial charge in [0.05, 0.1) is 11.4 Å². The largest absolute Gasteiger partial charge is 0.298 e. The lowest BCUT2D eigenvalue weighted by molar-refractivity contribution is 0.200. The van der Waals surface area contributed by atoms with E-state index in [2.05, 4.69) is 89.2 Å². The number of benzene rings is 4. The third kappa shape index (κ3) is 5.62. The molecule has 34 heavy (non-hydrogen) atoms. The van der Waals surface area contributed by atoms with Crippen LogP contribution in [0.4, 0.5) is 5.69 Å². The summed E-state index contributed by atoms with van der Waals surface area (Å²) in [5.74, 6) is 0.583. The number of nitrogens with zero attached hydrogens (tertiary/aromatic N) is 2. The number of likely N-dealkylation sites (tertiary alicyclic amines) is 1. The number of hydrazone groups is 1. The van der Waals surface area contributed by atoms with E-state index in [0.717, 1.165) is 35.6 Å². The van der Waals surface area contributed by atoms with Gasteiger partial charge in [0, 0.05) is 24.2 Å². The standard InChI is InChI=1S/C31H31N3/c1-4-11-25(12-5-1)23-34-22-10-17-29(24-34)26-18-20-30(21-19-26)32-33-31(27-13-6-2-7-14-27)28-15-8-3-9-16-28/h1-9,11-16,18-21,29,32H,10,17,22-24H2. The van der Waals surface area contributed by atoms with Crippen molar-refractivity contribution < 1.29 is 0 Å². The highest BCUT2D eigenvalue weighted by Gasteiger charge is 2.21. The van der Waals surface area contributed by atoms with Crippen molar-refractivity contribution in [1.82, 2.24) is 4.90 Å². The minimum Gasteiger partial charge on any atom is -0.298 e. The van der Waals surface area contributed by atoms with Crippen LogP contribution < -0.4 is 5.43 Å². The van der Waals surface area contributed by atoms with E-state index in [9.17, 15) is 0 Å². The van der Waals surface area contributed by atoms with E-state index in [-0.39, 0.29) is 0 Å². The fraction of sp³-hybridized carbons (Fsp3) is 0.194. The van der Waals surface area contributed by atoms with Crippen molar-refractivity contribution >= 4 is 11.4 Å². The summed E-state index contributed by atoms with van der Waals surface area (Å²) in [4.78, 5) is 2.59. The molecule has 0 amide bonds. The van der Waals surface area contributed by atoms with Crippen LogP contribution in [0.5, 0.6) is 0 Å². The SMILES string of the molecule is c1ccc(CN2CCCC(c3ccc(NN=C(c4ccccc4)c4ccccc4)cc3)C2)cc1. The Morgan fingerprint density at radius 1 is 0.735 bits per heavy atom. The Labute approximate surface area is 202 Å². The molecule has 4 aromatic carbocycles. The van der Waals surface area contributed by atoms with Crippen LogP contribution in [0.15, 0.2) is 120 Å². The molecule has 1 atom stereocenters. The Hall–Kier alpha value is -3.69. The molecule has 1 aliphatic heterocycles. The highest BCUT2D eigenvalue weighted by molar-refractivity contribution is 6.13. The van der Waals surface area contributed by atoms with E-state index >= 15 is 0 Å². The summed E-state index contributed by atoms with van der Waals surface area (Å²) in [6.45, 7) is 3.33. The molecule has 4 aromatic rings. The van der Waals surface area contributed by atoms with Crippen LogP contribution in [0, 0.1) is 0 Å². The molecule has 0 aliphatic carbocycles. The van der Waals surface area contributed by atoms with E-state index in [1.807, 2.05) is 36.4 Å². The Morgan fingerprint density at radius 3 is 1.94 bits per heavy atom. The third-order valence-corrected chi connectivity index (χ3v) is 6.53. The minimum absolute atomic E-state index is 0.583. The van der Waals surface area contributed by atoms with Gasteiger partial charge in [0.2, 0.25) is 0 Å². The number of piperidine rings is 1. The lowest BCUT2D eigenvalue weighted by atomic mass is 9.90. The monoisotopic (exact) mass is 445 g/mol. The molecule has 1 aliphatic rings. The second-order valence-electron chi connectivity index (χ2n) is 8.99. The van der Waals surface area contributed by atoms with Crippen LogP contribution in [0.3, 0.4) is 0 Å². The zero-order chi connectivity index (χ0) is 23.0. The lowest BCUT2D eigenvalue weighted by Gasteiger charge is -2.33. The molecule has 170 valence electrons. The van der Waals surface area contributed by atoms with Crippen LogP contribution in [0.1, 0.15) is 41.0 Å². The molecule has 1 N–H and O–H groups in total. The van der Waals surface area contributed by atoms with E-state index in [4.69, 9.17) is 5.10 Å². The van der Waals surface area contributed by atoms with Crippen LogP contribution in [-0.2, 0) is 6.54 Å². The Bertz CT molecular complexity index is 1140. The topological polar surface area (TPSA) is 27.6 Å². The first-order chi connectivity index (χ1) is 16.8. The van der Waals surface area contributed by atoms with Gasteiger partial charge in [-0.25, -0.2) is 0 Å². The fourth-order valence-corrected chi connectivity index (χ4v) is 4.75. The van der Waals surface area contributed by atoms with Crippen molar-refractivity contribution in [1.29, 1.82) is 0 Å². The average molecular weight is 446 g/mol. The molecule has 1 saturated heterocycles. The Kier molecular flexibility index (Phi) is 7.13. The first-order valence-corrected chi connectivity index (χ1v) is 12.2. The van der Waals surface area contributed by atoms with Crippen LogP contribution in [0.25, 0.3) is 0 Å². The van der Waals surface area contributed by atoms with Gasteiger partial charge in [-0.1, -0.05) is 103 Å². The molecule has 0 aromatic heterocycles. The van der Waals surface area contributed by atoms with Crippen molar-refractivity contribution in [2.24, 2.45) is 5.10 Å². The van der Waals surface area contributed by atoms with E-state index in [1.165, 1.54) is 30.5 Å². The van der Waals surface area contributed by atoms with Gasteiger partial charge in [-0.3, -0.25) is 10.3 Å². The van der Waals surface area contributed by atoms with Crippen LogP contribution in [0.2, 0.25) is 0 Å². The zero-order valence-corrected chi connectivity index (χ0v) is 19.5. The maximum Gasteiger partial charge on any atom is 0.0977 e. The molecule has 0 spiro atoms. The summed E-state index contributed by atoms with van der Waals surface area (Å²) in [5, 5.41) is 4.79. The number of nitrogens with one attached hydrogen (secondary N) is 1. The summed E-state index contributed by atoms with van der Waals surface area (Å²) in [6.07, 6.45) is 2.50. The third-order valence-electron chi connectivity index (χ3n) is 6.53. The zero-order valence-electron chi connectivity index (χ0n) is 19.5. The molecule has 1 heterocycles. The van der Waals surface area contributed by atoms with Gasteiger partial charge < -0.3 is 0 Å². The molecule has 1 unspecified atom stereocenters. The maximum atomic E-state index is 4.79. The van der Waals surface area contributed by atoms with Gasteiger partial charge in [-0.2, -0.15) is 5.10 Å². The van der Waals surface area contributed by atoms with Crippen molar-refractivity contribution in [2.45, 2.75) is 25.3 Å². The summed E-state index contributed by atoms with van der Waals surface area (Å²) in [6, 6.07) is 40.3. The fourth-order valence-electron chi connectivity index (χ4n) is 4.75. The first kappa shape index (κ1) is 22.1.